The van der Waals surface area contributed by atoms with Crippen LogP contribution >= 0.6 is 0 Å². The summed E-state index contributed by atoms with van der Waals surface area (Å²) in [4.78, 5) is 26.1. The maximum absolute atomic E-state index is 12.1. The van der Waals surface area contributed by atoms with Crippen molar-refractivity contribution in [2.45, 2.75) is 0 Å². The molecule has 1 aliphatic heterocycles. The van der Waals surface area contributed by atoms with E-state index in [1.165, 1.54) is 13.3 Å². The van der Waals surface area contributed by atoms with Gasteiger partial charge in [0.2, 0.25) is 0 Å². The molecule has 138 valence electrons. The van der Waals surface area contributed by atoms with Gasteiger partial charge in [-0.3, -0.25) is 9.69 Å². The van der Waals surface area contributed by atoms with Gasteiger partial charge in [-0.05, 0) is 12.1 Å². The Labute approximate surface area is 152 Å². The van der Waals surface area contributed by atoms with Crippen molar-refractivity contribution in [1.29, 1.82) is 5.26 Å². The van der Waals surface area contributed by atoms with E-state index in [4.69, 9.17) is 4.74 Å². The lowest BCUT2D eigenvalue weighted by Gasteiger charge is -2.27. The van der Waals surface area contributed by atoms with Crippen molar-refractivity contribution < 1.29 is 14.3 Å². The SMILES string of the molecule is COC(=O)c1ccccc1N/C=C(/C#N)C(=O)NCCN1CCNCC1. The minimum absolute atomic E-state index is 0.0648. The summed E-state index contributed by atoms with van der Waals surface area (Å²) in [5.41, 5.74) is 0.716. The van der Waals surface area contributed by atoms with Crippen molar-refractivity contribution in [2.75, 3.05) is 51.7 Å². The van der Waals surface area contributed by atoms with Crippen LogP contribution in [-0.4, -0.2) is 63.2 Å². The van der Waals surface area contributed by atoms with Gasteiger partial charge < -0.3 is 20.7 Å². The van der Waals surface area contributed by atoms with Crippen LogP contribution in [0.5, 0.6) is 0 Å². The zero-order chi connectivity index (χ0) is 18.8. The minimum Gasteiger partial charge on any atom is -0.465 e. The Morgan fingerprint density at radius 1 is 1.35 bits per heavy atom. The number of methoxy groups -OCH3 is 1. The molecule has 8 heteroatoms. The summed E-state index contributed by atoms with van der Waals surface area (Å²) in [6, 6.07) is 8.58. The molecule has 1 heterocycles. The number of amides is 1. The van der Waals surface area contributed by atoms with E-state index in [9.17, 15) is 14.9 Å². The van der Waals surface area contributed by atoms with Crippen LogP contribution in [-0.2, 0) is 9.53 Å². The summed E-state index contributed by atoms with van der Waals surface area (Å²) in [5.74, 6) is -0.953. The van der Waals surface area contributed by atoms with E-state index in [1.807, 2.05) is 6.07 Å². The lowest BCUT2D eigenvalue weighted by Crippen LogP contribution is -2.46. The van der Waals surface area contributed by atoms with E-state index in [1.54, 1.807) is 24.3 Å². The van der Waals surface area contributed by atoms with Gasteiger partial charge in [0.05, 0.1) is 18.4 Å². The number of nitrogens with one attached hydrogen (secondary N) is 3. The quantitative estimate of drug-likeness (QED) is 0.366. The number of nitrogens with zero attached hydrogens (tertiary/aromatic N) is 2. The van der Waals surface area contributed by atoms with Crippen LogP contribution in [0.2, 0.25) is 0 Å². The minimum atomic E-state index is -0.500. The number of piperazine rings is 1. The van der Waals surface area contributed by atoms with E-state index in [0.717, 1.165) is 32.7 Å². The molecule has 0 aromatic heterocycles. The first kappa shape index (κ1) is 19.4. The monoisotopic (exact) mass is 357 g/mol. The van der Waals surface area contributed by atoms with E-state index >= 15 is 0 Å². The first-order chi connectivity index (χ1) is 12.7. The van der Waals surface area contributed by atoms with E-state index < -0.39 is 11.9 Å². The summed E-state index contributed by atoms with van der Waals surface area (Å²) in [5, 5.41) is 18.1. The number of anilines is 1. The number of para-hydroxylation sites is 1. The van der Waals surface area contributed by atoms with Gasteiger partial charge >= 0.3 is 5.97 Å². The topological polar surface area (TPSA) is 106 Å². The molecule has 0 spiro atoms. The van der Waals surface area contributed by atoms with Crippen molar-refractivity contribution >= 4 is 17.6 Å². The molecule has 1 aromatic rings. The smallest absolute Gasteiger partial charge is 0.339 e. The molecule has 8 nitrogen and oxygen atoms in total. The highest BCUT2D eigenvalue weighted by molar-refractivity contribution is 5.98. The molecule has 1 aliphatic rings. The van der Waals surface area contributed by atoms with E-state index in [-0.39, 0.29) is 5.57 Å². The van der Waals surface area contributed by atoms with E-state index in [2.05, 4.69) is 20.9 Å². The second-order valence-electron chi connectivity index (χ2n) is 5.70. The van der Waals surface area contributed by atoms with Gasteiger partial charge in [-0.15, -0.1) is 0 Å². The normalized spacial score (nSPS) is 15.0. The number of benzene rings is 1. The molecule has 3 N–H and O–H groups in total. The molecular formula is C18H23N5O3. The number of hydrogen-bond donors (Lipinski definition) is 3. The third-order valence-corrected chi connectivity index (χ3v) is 3.99. The second-order valence-corrected chi connectivity index (χ2v) is 5.70. The summed E-state index contributed by atoms with van der Waals surface area (Å²) in [6.45, 7) is 4.99. The fraction of sp³-hybridized carbons (Fsp3) is 0.389. The third kappa shape index (κ3) is 5.58. The average Bonchev–Trinajstić information content (AvgIpc) is 2.69. The van der Waals surface area contributed by atoms with Crippen LogP contribution in [0.25, 0.3) is 0 Å². The first-order valence-electron chi connectivity index (χ1n) is 8.41. The lowest BCUT2D eigenvalue weighted by molar-refractivity contribution is -0.117. The number of rotatable bonds is 7. The molecular weight excluding hydrogens is 334 g/mol. The highest BCUT2D eigenvalue weighted by Gasteiger charge is 2.13. The van der Waals surface area contributed by atoms with Crippen LogP contribution in [0.3, 0.4) is 0 Å². The van der Waals surface area contributed by atoms with Crippen molar-refractivity contribution in [1.82, 2.24) is 15.5 Å². The van der Waals surface area contributed by atoms with Crippen molar-refractivity contribution in [3.05, 3.63) is 41.6 Å². The van der Waals surface area contributed by atoms with Crippen molar-refractivity contribution in [2.24, 2.45) is 0 Å². The van der Waals surface area contributed by atoms with Crippen molar-refractivity contribution in [3.8, 4) is 6.07 Å². The summed E-state index contributed by atoms with van der Waals surface area (Å²) in [6.07, 6.45) is 1.29. The maximum Gasteiger partial charge on any atom is 0.339 e. The Morgan fingerprint density at radius 3 is 2.77 bits per heavy atom. The van der Waals surface area contributed by atoms with Gasteiger partial charge in [-0.2, -0.15) is 5.26 Å². The molecule has 0 radical (unpaired) electrons. The van der Waals surface area contributed by atoms with Crippen molar-refractivity contribution in [3.63, 3.8) is 0 Å². The van der Waals surface area contributed by atoms with Crippen LogP contribution < -0.4 is 16.0 Å². The predicted octanol–water partition coefficient (Wildman–Crippen LogP) is 0.314. The molecule has 0 atom stereocenters. The first-order valence-corrected chi connectivity index (χ1v) is 8.41. The molecule has 0 saturated carbocycles. The lowest BCUT2D eigenvalue weighted by atomic mass is 10.2. The van der Waals surface area contributed by atoms with E-state index in [0.29, 0.717) is 17.8 Å². The Bertz CT molecular complexity index is 705. The number of hydrogen-bond acceptors (Lipinski definition) is 7. The average molecular weight is 357 g/mol. The van der Waals surface area contributed by atoms with Crippen LogP contribution in [0, 0.1) is 11.3 Å². The maximum atomic E-state index is 12.1. The predicted molar refractivity (Wildman–Crippen MR) is 97.4 cm³/mol. The molecule has 0 unspecified atom stereocenters. The zero-order valence-electron chi connectivity index (χ0n) is 14.7. The summed E-state index contributed by atoms with van der Waals surface area (Å²) < 4.78 is 4.72. The molecule has 1 fully saturated rings. The van der Waals surface area contributed by atoms with Crippen LogP contribution in [0.15, 0.2) is 36.0 Å². The van der Waals surface area contributed by atoms with Gasteiger partial charge in [0.1, 0.15) is 11.6 Å². The van der Waals surface area contributed by atoms with Gasteiger partial charge in [0.25, 0.3) is 5.91 Å². The molecule has 1 amide bonds. The standard InChI is InChI=1S/C18H23N5O3/c1-26-18(25)15-4-2-3-5-16(15)22-13-14(12-19)17(24)21-8-11-23-9-6-20-7-10-23/h2-5,13,20,22H,6-11H2,1H3,(H,21,24)/b14-13-. The number of esters is 1. The molecule has 2 rings (SSSR count). The number of carbonyl (C=O) groups is 2. The highest BCUT2D eigenvalue weighted by atomic mass is 16.5. The number of nitriles is 1. The van der Waals surface area contributed by atoms with Crippen LogP contribution in [0.1, 0.15) is 10.4 Å². The second kappa shape index (κ2) is 10.2. The highest BCUT2D eigenvalue weighted by Crippen LogP contribution is 2.16. The Balaban J connectivity index is 1.92. The largest absolute Gasteiger partial charge is 0.465 e. The number of carbonyl (C=O) groups excluding carboxylic acids is 2. The number of ether oxygens (including phenoxy) is 1. The summed E-state index contributed by atoms with van der Waals surface area (Å²) >= 11 is 0. The zero-order valence-corrected chi connectivity index (χ0v) is 14.7. The van der Waals surface area contributed by atoms with Gasteiger partial charge in [-0.25, -0.2) is 4.79 Å². The molecule has 1 aromatic carbocycles. The van der Waals surface area contributed by atoms with Gasteiger partial charge in [0.15, 0.2) is 0 Å². The molecule has 26 heavy (non-hydrogen) atoms. The van der Waals surface area contributed by atoms with Crippen LogP contribution in [0.4, 0.5) is 5.69 Å². The fourth-order valence-corrected chi connectivity index (χ4v) is 2.55. The molecule has 0 aliphatic carbocycles. The summed E-state index contributed by atoms with van der Waals surface area (Å²) in [7, 11) is 1.29. The van der Waals surface area contributed by atoms with Gasteiger partial charge in [0, 0.05) is 45.5 Å². The Hall–Kier alpha value is -2.89. The Kier molecular flexibility index (Phi) is 7.61. The third-order valence-electron chi connectivity index (χ3n) is 3.99. The Morgan fingerprint density at radius 2 is 2.08 bits per heavy atom. The molecule has 0 bridgehead atoms. The fourth-order valence-electron chi connectivity index (χ4n) is 2.55. The molecule has 1 saturated heterocycles. The van der Waals surface area contributed by atoms with Gasteiger partial charge in [-0.1, -0.05) is 12.1 Å².